The molecule has 0 aliphatic carbocycles. The maximum Gasteiger partial charge on any atom is 0.306 e. The maximum absolute atomic E-state index is 12.9. The van der Waals surface area contributed by atoms with Gasteiger partial charge in [0.25, 0.3) is 0 Å². The molecule has 1 atom stereocenters. The SMILES string of the molecule is CC/C=C\C/C=C\C/C=C\C/C=C\C/C=C\C/C=C\C/C=C\C/C=C\C/C=C\CCCC(=O)OCC(COC(=O)CCCCCCCCCCCCCCCC)OC(=O)CCCCCCCCCCCCCCCCC. The summed E-state index contributed by atoms with van der Waals surface area (Å²) >= 11 is 0. The molecule has 0 heterocycles. The summed E-state index contributed by atoms with van der Waals surface area (Å²) in [7, 11) is 0. The van der Waals surface area contributed by atoms with Gasteiger partial charge in [0, 0.05) is 19.3 Å². The van der Waals surface area contributed by atoms with Crippen LogP contribution >= 0.6 is 0 Å². The molecule has 0 N–H and O–H groups in total. The highest BCUT2D eigenvalue weighted by molar-refractivity contribution is 5.71. The Labute approximate surface area is 470 Å². The summed E-state index contributed by atoms with van der Waals surface area (Å²) in [5, 5.41) is 0. The molecule has 0 rings (SSSR count). The number of hydrogen-bond donors (Lipinski definition) is 0. The minimum atomic E-state index is -0.800. The van der Waals surface area contributed by atoms with Crippen LogP contribution < -0.4 is 0 Å². The highest BCUT2D eigenvalue weighted by Gasteiger charge is 2.19. The molecule has 6 heteroatoms. The molecule has 0 bridgehead atoms. The van der Waals surface area contributed by atoms with Gasteiger partial charge in [-0.3, -0.25) is 14.4 Å². The van der Waals surface area contributed by atoms with Crippen molar-refractivity contribution in [1.82, 2.24) is 0 Å². The lowest BCUT2D eigenvalue weighted by Gasteiger charge is -2.18. The standard InChI is InChI=1S/C70H118O6/c1-4-7-10-13-16-19-22-25-28-29-30-31-32-33-34-35-36-37-38-39-40-41-43-45-48-51-54-57-60-63-69(72)75-66-67(65-74-68(71)62-59-56-53-50-47-44-27-24-21-18-15-12-9-6-3)76-70(73)64-61-58-55-52-49-46-42-26-23-20-17-14-11-8-5-2/h7,10,16,19,25,28,30-31,33-34,36-37,39-40,43,45,51,54,67H,4-6,8-9,11-15,17-18,20-24,26-27,29,32,35,38,41-42,44,46-50,52-53,55-66H2,1-3H3/b10-7-,19-16-,28-25-,31-30-,34-33-,37-36-,40-39-,45-43-,54-51-. The topological polar surface area (TPSA) is 78.9 Å². The van der Waals surface area contributed by atoms with Gasteiger partial charge in [0.15, 0.2) is 6.10 Å². The smallest absolute Gasteiger partial charge is 0.306 e. The Morgan fingerprint density at radius 2 is 0.513 bits per heavy atom. The van der Waals surface area contributed by atoms with Gasteiger partial charge in [-0.15, -0.1) is 0 Å². The Morgan fingerprint density at radius 3 is 0.803 bits per heavy atom. The summed E-state index contributed by atoms with van der Waals surface area (Å²) in [6, 6.07) is 0. The van der Waals surface area contributed by atoms with E-state index in [9.17, 15) is 14.4 Å². The molecule has 0 aliphatic rings. The molecule has 76 heavy (non-hydrogen) atoms. The molecule has 0 saturated heterocycles. The lowest BCUT2D eigenvalue weighted by molar-refractivity contribution is -0.167. The van der Waals surface area contributed by atoms with Crippen LogP contribution in [-0.2, 0) is 28.6 Å². The van der Waals surface area contributed by atoms with Crippen LogP contribution in [0.5, 0.6) is 0 Å². The summed E-state index contributed by atoms with van der Waals surface area (Å²) in [6.07, 6.45) is 86.7. The van der Waals surface area contributed by atoms with Crippen LogP contribution in [0.4, 0.5) is 0 Å². The number of allylic oxidation sites excluding steroid dienone is 18. The van der Waals surface area contributed by atoms with E-state index in [-0.39, 0.29) is 37.5 Å². The number of ether oxygens (including phenoxy) is 3. The molecule has 0 radical (unpaired) electrons. The summed E-state index contributed by atoms with van der Waals surface area (Å²) in [4.78, 5) is 38.2. The Morgan fingerprint density at radius 1 is 0.276 bits per heavy atom. The Kier molecular flexibility index (Phi) is 60.3. The van der Waals surface area contributed by atoms with Crippen molar-refractivity contribution in [3.8, 4) is 0 Å². The first-order chi connectivity index (χ1) is 37.5. The second-order valence-corrected chi connectivity index (χ2v) is 21.0. The summed E-state index contributed by atoms with van der Waals surface area (Å²) < 4.78 is 16.9. The van der Waals surface area contributed by atoms with Crippen LogP contribution in [0.3, 0.4) is 0 Å². The van der Waals surface area contributed by atoms with E-state index in [0.717, 1.165) is 103 Å². The van der Waals surface area contributed by atoms with Crippen LogP contribution in [0, 0.1) is 0 Å². The van der Waals surface area contributed by atoms with E-state index in [1.54, 1.807) is 0 Å². The molecule has 0 amide bonds. The molecule has 0 fully saturated rings. The van der Waals surface area contributed by atoms with E-state index < -0.39 is 6.10 Å². The first-order valence-corrected chi connectivity index (χ1v) is 31.9. The van der Waals surface area contributed by atoms with Crippen molar-refractivity contribution in [1.29, 1.82) is 0 Å². The van der Waals surface area contributed by atoms with Crippen molar-refractivity contribution < 1.29 is 28.6 Å². The highest BCUT2D eigenvalue weighted by Crippen LogP contribution is 2.16. The normalized spacial score (nSPS) is 12.8. The molecule has 0 spiro atoms. The molecular weight excluding hydrogens is 937 g/mol. The van der Waals surface area contributed by atoms with Gasteiger partial charge >= 0.3 is 17.9 Å². The largest absolute Gasteiger partial charge is 0.462 e. The monoisotopic (exact) mass is 1050 g/mol. The molecule has 6 nitrogen and oxygen atoms in total. The maximum atomic E-state index is 12.9. The second kappa shape index (κ2) is 63.6. The highest BCUT2D eigenvalue weighted by atomic mass is 16.6. The number of rotatable bonds is 57. The zero-order chi connectivity index (χ0) is 55.0. The zero-order valence-corrected chi connectivity index (χ0v) is 49.7. The van der Waals surface area contributed by atoms with Gasteiger partial charge in [0.2, 0.25) is 0 Å². The van der Waals surface area contributed by atoms with E-state index in [0.29, 0.717) is 19.3 Å². The Bertz CT molecular complexity index is 1540. The predicted octanol–water partition coefficient (Wildman–Crippen LogP) is 21.8. The average Bonchev–Trinajstić information content (AvgIpc) is 3.42. The molecule has 0 aromatic rings. The van der Waals surface area contributed by atoms with E-state index in [1.807, 2.05) is 0 Å². The van der Waals surface area contributed by atoms with Crippen LogP contribution in [0.25, 0.3) is 0 Å². The minimum absolute atomic E-state index is 0.0924. The van der Waals surface area contributed by atoms with E-state index >= 15 is 0 Å². The third-order valence-corrected chi connectivity index (χ3v) is 13.5. The lowest BCUT2D eigenvalue weighted by atomic mass is 10.0. The second-order valence-electron chi connectivity index (χ2n) is 21.0. The molecule has 1 unspecified atom stereocenters. The Balaban J connectivity index is 4.41. The fourth-order valence-corrected chi connectivity index (χ4v) is 8.80. The Hall–Kier alpha value is -3.93. The minimum Gasteiger partial charge on any atom is -0.462 e. The fourth-order valence-electron chi connectivity index (χ4n) is 8.80. The molecule has 0 aromatic carbocycles. The number of carbonyl (C=O) groups excluding carboxylic acids is 3. The molecular formula is C70H118O6. The number of hydrogen-bond acceptors (Lipinski definition) is 6. The summed E-state index contributed by atoms with van der Waals surface area (Å²) in [5.41, 5.74) is 0. The quantitative estimate of drug-likeness (QED) is 0.0261. The van der Waals surface area contributed by atoms with Crippen molar-refractivity contribution in [2.45, 2.75) is 303 Å². The van der Waals surface area contributed by atoms with Gasteiger partial charge in [-0.05, 0) is 83.5 Å². The summed E-state index contributed by atoms with van der Waals surface area (Å²) in [5.74, 6) is -0.945. The lowest BCUT2D eigenvalue weighted by Crippen LogP contribution is -2.30. The van der Waals surface area contributed by atoms with Gasteiger partial charge in [-0.1, -0.05) is 304 Å². The van der Waals surface area contributed by atoms with Crippen LogP contribution in [0.2, 0.25) is 0 Å². The third-order valence-electron chi connectivity index (χ3n) is 13.5. The van der Waals surface area contributed by atoms with Crippen LogP contribution in [-0.4, -0.2) is 37.2 Å². The zero-order valence-electron chi connectivity index (χ0n) is 49.7. The molecule has 0 aromatic heterocycles. The average molecular weight is 1060 g/mol. The number of carbonyl (C=O) groups is 3. The molecule has 434 valence electrons. The number of unbranched alkanes of at least 4 members (excludes halogenated alkanes) is 28. The van der Waals surface area contributed by atoms with Gasteiger partial charge in [0.1, 0.15) is 13.2 Å². The van der Waals surface area contributed by atoms with E-state index in [1.165, 1.54) is 148 Å². The van der Waals surface area contributed by atoms with E-state index in [2.05, 4.69) is 130 Å². The van der Waals surface area contributed by atoms with Crippen molar-refractivity contribution in [3.63, 3.8) is 0 Å². The molecule has 0 saturated carbocycles. The van der Waals surface area contributed by atoms with Crippen molar-refractivity contribution in [2.75, 3.05) is 13.2 Å². The fraction of sp³-hybridized carbons (Fsp3) is 0.700. The van der Waals surface area contributed by atoms with Crippen LogP contribution in [0.1, 0.15) is 297 Å². The first kappa shape index (κ1) is 72.1. The van der Waals surface area contributed by atoms with E-state index in [4.69, 9.17) is 14.2 Å². The van der Waals surface area contributed by atoms with Crippen LogP contribution in [0.15, 0.2) is 109 Å². The number of esters is 3. The first-order valence-electron chi connectivity index (χ1n) is 31.9. The van der Waals surface area contributed by atoms with Gasteiger partial charge in [-0.2, -0.15) is 0 Å². The predicted molar refractivity (Wildman–Crippen MR) is 330 cm³/mol. The molecule has 0 aliphatic heterocycles. The van der Waals surface area contributed by atoms with Gasteiger partial charge in [0.05, 0.1) is 0 Å². The third kappa shape index (κ3) is 60.9. The van der Waals surface area contributed by atoms with Crippen molar-refractivity contribution >= 4 is 17.9 Å². The summed E-state index contributed by atoms with van der Waals surface area (Å²) in [6.45, 7) is 6.50. The van der Waals surface area contributed by atoms with Crippen molar-refractivity contribution in [2.24, 2.45) is 0 Å². The van der Waals surface area contributed by atoms with Gasteiger partial charge in [-0.25, -0.2) is 0 Å². The van der Waals surface area contributed by atoms with Crippen molar-refractivity contribution in [3.05, 3.63) is 109 Å². The van der Waals surface area contributed by atoms with Gasteiger partial charge < -0.3 is 14.2 Å².